The van der Waals surface area contributed by atoms with Crippen LogP contribution in [0.25, 0.3) is 0 Å². The molecule has 0 saturated heterocycles. The van der Waals surface area contributed by atoms with Gasteiger partial charge in [-0.3, -0.25) is 24.9 Å². The molecule has 15 heavy (non-hydrogen) atoms. The van der Waals surface area contributed by atoms with Crippen LogP contribution in [0.1, 0.15) is 13.8 Å². The van der Waals surface area contributed by atoms with Gasteiger partial charge in [0.1, 0.15) is 0 Å². The Morgan fingerprint density at radius 2 is 1.93 bits per heavy atom. The van der Waals surface area contributed by atoms with E-state index in [1.165, 1.54) is 0 Å². The van der Waals surface area contributed by atoms with E-state index in [0.29, 0.717) is 0 Å². The molecule has 1 rings (SSSR count). The molecule has 1 heterocycles. The van der Waals surface area contributed by atoms with E-state index < -0.39 is 21.9 Å². The van der Waals surface area contributed by atoms with Crippen molar-refractivity contribution in [3.05, 3.63) is 31.0 Å². The first-order chi connectivity index (χ1) is 6.91. The van der Waals surface area contributed by atoms with Crippen LogP contribution in [-0.4, -0.2) is 20.9 Å². The van der Waals surface area contributed by atoms with E-state index >= 15 is 0 Å². The third-order valence-corrected chi connectivity index (χ3v) is 1.53. The molecule has 0 fully saturated rings. The van der Waals surface area contributed by atoms with Crippen LogP contribution in [0.2, 0.25) is 0 Å². The highest BCUT2D eigenvalue weighted by Gasteiger charge is 2.21. The lowest BCUT2D eigenvalue weighted by Gasteiger charge is -2.08. The Kier molecular flexibility index (Phi) is 2.88. The van der Waals surface area contributed by atoms with Gasteiger partial charge in [0.25, 0.3) is 0 Å². The number of hydrogen-bond acceptors (Lipinski definition) is 5. The van der Waals surface area contributed by atoms with E-state index in [1.807, 2.05) is 0 Å². The van der Waals surface area contributed by atoms with Crippen molar-refractivity contribution in [2.75, 3.05) is 5.32 Å². The van der Waals surface area contributed by atoms with E-state index in [1.54, 1.807) is 18.8 Å². The van der Waals surface area contributed by atoms with Gasteiger partial charge in [0.05, 0.1) is 4.92 Å². The summed E-state index contributed by atoms with van der Waals surface area (Å²) in [5, 5.41) is 13.2. The van der Waals surface area contributed by atoms with Crippen molar-refractivity contribution in [2.45, 2.75) is 19.9 Å². The number of H-pyrrole nitrogens is 2. The monoisotopic (exact) mass is 214 g/mol. The molecular weight excluding hydrogens is 204 g/mol. The number of anilines is 1. The standard InChI is InChI=1S/C7H10N4O4/c1-3(2)8-5-4(11(14)15)6(12)10-7(13)9-5/h3H,1-2H3,(H3,8,9,10,12,13). The molecule has 0 unspecified atom stereocenters. The highest BCUT2D eigenvalue weighted by Crippen LogP contribution is 2.14. The molecule has 1 aromatic heterocycles. The van der Waals surface area contributed by atoms with Crippen LogP contribution >= 0.6 is 0 Å². The summed E-state index contributed by atoms with van der Waals surface area (Å²) in [5.74, 6) is -0.177. The van der Waals surface area contributed by atoms with Gasteiger partial charge < -0.3 is 5.32 Å². The molecule has 0 amide bonds. The highest BCUT2D eigenvalue weighted by molar-refractivity contribution is 5.53. The first kappa shape index (κ1) is 11.0. The molecule has 8 nitrogen and oxygen atoms in total. The van der Waals surface area contributed by atoms with Crippen molar-refractivity contribution >= 4 is 11.5 Å². The van der Waals surface area contributed by atoms with Gasteiger partial charge in [0.2, 0.25) is 0 Å². The fourth-order valence-corrected chi connectivity index (χ4v) is 1.05. The molecule has 0 atom stereocenters. The average molecular weight is 214 g/mol. The number of nitrogens with zero attached hydrogens (tertiary/aromatic N) is 1. The van der Waals surface area contributed by atoms with Crippen LogP contribution in [-0.2, 0) is 0 Å². The third-order valence-electron chi connectivity index (χ3n) is 1.53. The molecule has 1 aromatic rings. The Morgan fingerprint density at radius 3 is 2.40 bits per heavy atom. The molecule has 0 aromatic carbocycles. The molecule has 0 aliphatic rings. The second kappa shape index (κ2) is 3.95. The van der Waals surface area contributed by atoms with E-state index in [9.17, 15) is 19.7 Å². The lowest BCUT2D eigenvalue weighted by molar-refractivity contribution is -0.385. The zero-order chi connectivity index (χ0) is 11.6. The van der Waals surface area contributed by atoms with Crippen LogP contribution in [0.3, 0.4) is 0 Å². The van der Waals surface area contributed by atoms with Gasteiger partial charge in [0.15, 0.2) is 5.82 Å². The van der Waals surface area contributed by atoms with E-state index in [4.69, 9.17) is 0 Å². The molecule has 82 valence electrons. The number of aromatic amines is 2. The summed E-state index contributed by atoms with van der Waals surface area (Å²) >= 11 is 0. The van der Waals surface area contributed by atoms with Gasteiger partial charge in [-0.25, -0.2) is 4.79 Å². The predicted octanol–water partition coefficient (Wildman–Crippen LogP) is -0.208. The van der Waals surface area contributed by atoms with Crippen LogP contribution in [0.5, 0.6) is 0 Å². The highest BCUT2D eigenvalue weighted by atomic mass is 16.6. The molecule has 0 bridgehead atoms. The quantitative estimate of drug-likeness (QED) is 0.475. The van der Waals surface area contributed by atoms with Crippen molar-refractivity contribution < 1.29 is 4.92 Å². The molecular formula is C7H10N4O4. The lowest BCUT2D eigenvalue weighted by atomic mass is 10.3. The molecule has 0 radical (unpaired) electrons. The Morgan fingerprint density at radius 1 is 1.33 bits per heavy atom. The van der Waals surface area contributed by atoms with Crippen molar-refractivity contribution in [2.24, 2.45) is 0 Å². The summed E-state index contributed by atoms with van der Waals surface area (Å²) in [6.07, 6.45) is 0. The maximum absolute atomic E-state index is 11.1. The summed E-state index contributed by atoms with van der Waals surface area (Å²) in [6, 6.07) is -0.138. The Bertz CT molecular complexity index is 486. The summed E-state index contributed by atoms with van der Waals surface area (Å²) < 4.78 is 0. The molecule has 0 aliphatic carbocycles. The largest absolute Gasteiger partial charge is 0.373 e. The minimum absolute atomic E-state index is 0.138. The Hall–Kier alpha value is -2.12. The minimum atomic E-state index is -1.02. The third kappa shape index (κ3) is 2.42. The number of nitrogens with one attached hydrogen (secondary N) is 3. The lowest BCUT2D eigenvalue weighted by Crippen LogP contribution is -2.27. The van der Waals surface area contributed by atoms with Crippen molar-refractivity contribution in [3.63, 3.8) is 0 Å². The van der Waals surface area contributed by atoms with E-state index in [0.717, 1.165) is 0 Å². The van der Waals surface area contributed by atoms with Crippen molar-refractivity contribution in [1.82, 2.24) is 9.97 Å². The fraction of sp³-hybridized carbons (Fsp3) is 0.429. The van der Waals surface area contributed by atoms with Crippen LogP contribution in [0, 0.1) is 10.1 Å². The van der Waals surface area contributed by atoms with Gasteiger partial charge in [-0.05, 0) is 13.8 Å². The second-order valence-corrected chi connectivity index (χ2v) is 3.19. The van der Waals surface area contributed by atoms with Gasteiger partial charge in [-0.2, -0.15) is 0 Å². The topological polar surface area (TPSA) is 121 Å². The smallest absolute Gasteiger partial charge is 0.363 e. The zero-order valence-electron chi connectivity index (χ0n) is 8.16. The molecule has 0 aliphatic heterocycles. The van der Waals surface area contributed by atoms with Crippen LogP contribution in [0.15, 0.2) is 9.59 Å². The predicted molar refractivity (Wildman–Crippen MR) is 53.1 cm³/mol. The van der Waals surface area contributed by atoms with Gasteiger partial charge in [-0.15, -0.1) is 0 Å². The van der Waals surface area contributed by atoms with Gasteiger partial charge >= 0.3 is 16.9 Å². The maximum Gasteiger partial charge on any atom is 0.373 e. The molecule has 0 spiro atoms. The van der Waals surface area contributed by atoms with Crippen LogP contribution in [0.4, 0.5) is 11.5 Å². The van der Waals surface area contributed by atoms with Gasteiger partial charge in [0, 0.05) is 6.04 Å². The minimum Gasteiger partial charge on any atom is -0.363 e. The maximum atomic E-state index is 11.1. The molecule has 0 saturated carbocycles. The van der Waals surface area contributed by atoms with E-state index in [2.05, 4.69) is 10.3 Å². The average Bonchev–Trinajstić information content (AvgIpc) is 1.99. The summed E-state index contributed by atoms with van der Waals surface area (Å²) in [6.45, 7) is 3.45. The number of aromatic nitrogens is 2. The number of nitro groups is 1. The zero-order valence-corrected chi connectivity index (χ0v) is 8.16. The fourth-order valence-electron chi connectivity index (χ4n) is 1.05. The normalized spacial score (nSPS) is 10.3. The Labute approximate surface area is 83.5 Å². The number of hydrogen-bond donors (Lipinski definition) is 3. The SMILES string of the molecule is CC(C)Nc1[nH]c(=O)[nH]c(=O)c1[N+](=O)[O-]. The first-order valence-electron chi connectivity index (χ1n) is 4.19. The Balaban J connectivity index is 3.40. The van der Waals surface area contributed by atoms with Crippen molar-refractivity contribution in [1.29, 1.82) is 0 Å². The summed E-state index contributed by atoms with van der Waals surface area (Å²) in [4.78, 5) is 35.7. The van der Waals surface area contributed by atoms with Crippen LogP contribution < -0.4 is 16.6 Å². The number of rotatable bonds is 3. The van der Waals surface area contributed by atoms with E-state index in [-0.39, 0.29) is 11.9 Å². The molecule has 8 heteroatoms. The molecule has 3 N–H and O–H groups in total. The van der Waals surface area contributed by atoms with Crippen molar-refractivity contribution in [3.8, 4) is 0 Å². The summed E-state index contributed by atoms with van der Waals surface area (Å²) in [5.41, 5.74) is -2.50. The summed E-state index contributed by atoms with van der Waals surface area (Å²) in [7, 11) is 0. The first-order valence-corrected chi connectivity index (χ1v) is 4.19. The van der Waals surface area contributed by atoms with Gasteiger partial charge in [-0.1, -0.05) is 0 Å². The second-order valence-electron chi connectivity index (χ2n) is 3.19.